The Bertz CT molecular complexity index is 542. The van der Waals surface area contributed by atoms with Crippen molar-refractivity contribution in [1.82, 2.24) is 20.9 Å². The van der Waals surface area contributed by atoms with Crippen LogP contribution in [0.2, 0.25) is 0 Å². The van der Waals surface area contributed by atoms with Gasteiger partial charge in [0.05, 0.1) is 12.2 Å². The zero-order chi connectivity index (χ0) is 17.4. The van der Waals surface area contributed by atoms with Crippen LogP contribution in [0, 0.1) is 19.8 Å². The number of rotatable bonds is 6. The topological polar surface area (TPSA) is 91.5 Å². The molecular weight excluding hydrogens is 306 g/mol. The first-order valence-electron chi connectivity index (χ1n) is 8.75. The summed E-state index contributed by atoms with van der Waals surface area (Å²) in [6.45, 7) is 5.51. The Labute approximate surface area is 143 Å². The van der Waals surface area contributed by atoms with Gasteiger partial charge in [0, 0.05) is 26.1 Å². The number of nitrogens with one attached hydrogen (secondary N) is 3. The van der Waals surface area contributed by atoms with Crippen LogP contribution in [-0.4, -0.2) is 37.0 Å². The Balaban J connectivity index is 1.63. The number of hydrogen-bond donors (Lipinski definition) is 3. The molecule has 0 bridgehead atoms. The van der Waals surface area contributed by atoms with Crippen LogP contribution >= 0.6 is 0 Å². The van der Waals surface area contributed by atoms with E-state index in [4.69, 9.17) is 4.42 Å². The van der Waals surface area contributed by atoms with E-state index in [0.29, 0.717) is 31.5 Å². The van der Waals surface area contributed by atoms with E-state index in [0.717, 1.165) is 24.3 Å². The van der Waals surface area contributed by atoms with E-state index in [1.54, 1.807) is 7.05 Å². The molecule has 134 valence electrons. The van der Waals surface area contributed by atoms with Gasteiger partial charge in [0.25, 0.3) is 0 Å². The van der Waals surface area contributed by atoms with Crippen LogP contribution in [0.3, 0.4) is 0 Å². The number of carbonyl (C=O) groups excluding carboxylic acids is 1. The molecule has 0 aromatic carbocycles. The summed E-state index contributed by atoms with van der Waals surface area (Å²) in [5.41, 5.74) is 0.903. The molecule has 3 N–H and O–H groups in total. The van der Waals surface area contributed by atoms with Gasteiger partial charge in [-0.05, 0) is 26.7 Å². The maximum Gasteiger partial charge on any atom is 0.223 e. The molecule has 1 heterocycles. The number of aromatic nitrogens is 1. The summed E-state index contributed by atoms with van der Waals surface area (Å²) < 4.78 is 5.52. The van der Waals surface area contributed by atoms with E-state index in [9.17, 15) is 4.79 Å². The third-order valence-corrected chi connectivity index (χ3v) is 4.40. The Morgan fingerprint density at radius 1 is 1.17 bits per heavy atom. The molecule has 0 radical (unpaired) electrons. The highest BCUT2D eigenvalue weighted by Crippen LogP contribution is 2.23. The van der Waals surface area contributed by atoms with Gasteiger partial charge in [-0.2, -0.15) is 0 Å². The standard InChI is InChI=1S/C17H29N5O2/c1-12-13(2)24-15(22-12)11-21-17(18-3)20-10-9-19-16(23)14-7-5-4-6-8-14/h14H,4-11H2,1-3H3,(H,19,23)(H2,18,20,21). The summed E-state index contributed by atoms with van der Waals surface area (Å²) >= 11 is 0. The number of guanidine groups is 1. The molecule has 24 heavy (non-hydrogen) atoms. The van der Waals surface area contributed by atoms with Gasteiger partial charge >= 0.3 is 0 Å². The third-order valence-electron chi connectivity index (χ3n) is 4.40. The second kappa shape index (κ2) is 9.30. The first-order chi connectivity index (χ1) is 11.6. The fraction of sp³-hybridized carbons (Fsp3) is 0.706. The van der Waals surface area contributed by atoms with Crippen molar-refractivity contribution in [1.29, 1.82) is 0 Å². The van der Waals surface area contributed by atoms with Gasteiger partial charge in [-0.25, -0.2) is 4.98 Å². The van der Waals surface area contributed by atoms with Crippen molar-refractivity contribution in [2.45, 2.75) is 52.5 Å². The molecule has 0 saturated heterocycles. The van der Waals surface area contributed by atoms with Crippen molar-refractivity contribution in [2.24, 2.45) is 10.9 Å². The van der Waals surface area contributed by atoms with Crippen LogP contribution in [0.25, 0.3) is 0 Å². The number of nitrogens with zero attached hydrogens (tertiary/aromatic N) is 2. The lowest BCUT2D eigenvalue weighted by Crippen LogP contribution is -2.42. The number of aliphatic imine (C=N–C) groups is 1. The summed E-state index contributed by atoms with van der Waals surface area (Å²) in [5, 5.41) is 9.32. The number of amides is 1. The zero-order valence-electron chi connectivity index (χ0n) is 14.9. The minimum absolute atomic E-state index is 0.185. The van der Waals surface area contributed by atoms with Crippen LogP contribution in [0.5, 0.6) is 0 Å². The number of hydrogen-bond acceptors (Lipinski definition) is 4. The van der Waals surface area contributed by atoms with Crippen LogP contribution < -0.4 is 16.0 Å². The predicted octanol–water partition coefficient (Wildman–Crippen LogP) is 1.65. The van der Waals surface area contributed by atoms with Gasteiger partial charge in [-0.1, -0.05) is 19.3 Å². The summed E-state index contributed by atoms with van der Waals surface area (Å²) in [7, 11) is 1.71. The molecule has 7 nitrogen and oxygen atoms in total. The highest BCUT2D eigenvalue weighted by molar-refractivity contribution is 5.80. The predicted molar refractivity (Wildman–Crippen MR) is 93.8 cm³/mol. The SMILES string of the molecule is CN=C(NCCNC(=O)C1CCCCC1)NCc1nc(C)c(C)o1. The quantitative estimate of drug-likeness (QED) is 0.418. The fourth-order valence-corrected chi connectivity index (χ4v) is 2.87. The van der Waals surface area contributed by atoms with Crippen molar-refractivity contribution < 1.29 is 9.21 Å². The van der Waals surface area contributed by atoms with E-state index in [1.165, 1.54) is 19.3 Å². The Morgan fingerprint density at radius 3 is 2.50 bits per heavy atom. The molecule has 2 rings (SSSR count). The molecule has 1 aromatic heterocycles. The van der Waals surface area contributed by atoms with Crippen LogP contribution in [0.4, 0.5) is 0 Å². The van der Waals surface area contributed by atoms with Gasteiger partial charge in [-0.15, -0.1) is 0 Å². The highest BCUT2D eigenvalue weighted by atomic mass is 16.4. The molecule has 7 heteroatoms. The molecule has 1 aliphatic carbocycles. The zero-order valence-corrected chi connectivity index (χ0v) is 14.9. The van der Waals surface area contributed by atoms with E-state index in [1.807, 2.05) is 13.8 Å². The highest BCUT2D eigenvalue weighted by Gasteiger charge is 2.20. The van der Waals surface area contributed by atoms with Crippen molar-refractivity contribution in [3.63, 3.8) is 0 Å². The van der Waals surface area contributed by atoms with E-state index < -0.39 is 0 Å². The maximum atomic E-state index is 12.1. The van der Waals surface area contributed by atoms with Gasteiger partial charge in [-0.3, -0.25) is 9.79 Å². The van der Waals surface area contributed by atoms with Gasteiger partial charge in [0.15, 0.2) is 5.96 Å². The smallest absolute Gasteiger partial charge is 0.223 e. The summed E-state index contributed by atoms with van der Waals surface area (Å²) in [6, 6.07) is 0. The fourth-order valence-electron chi connectivity index (χ4n) is 2.87. The minimum atomic E-state index is 0.185. The monoisotopic (exact) mass is 335 g/mol. The second-order valence-electron chi connectivity index (χ2n) is 6.23. The normalized spacial score (nSPS) is 16.0. The molecule has 1 fully saturated rings. The average molecular weight is 335 g/mol. The Kier molecular flexibility index (Phi) is 7.08. The lowest BCUT2D eigenvalue weighted by molar-refractivity contribution is -0.125. The molecule has 0 spiro atoms. The first-order valence-corrected chi connectivity index (χ1v) is 8.75. The summed E-state index contributed by atoms with van der Waals surface area (Å²) in [5.74, 6) is 2.52. The van der Waals surface area contributed by atoms with E-state index in [-0.39, 0.29) is 11.8 Å². The van der Waals surface area contributed by atoms with Gasteiger partial charge in [0.1, 0.15) is 5.76 Å². The number of aryl methyl sites for hydroxylation is 2. The average Bonchev–Trinajstić information content (AvgIpc) is 2.93. The first kappa shape index (κ1) is 18.3. The lowest BCUT2D eigenvalue weighted by Gasteiger charge is -2.20. The largest absolute Gasteiger partial charge is 0.444 e. The molecule has 1 amide bonds. The summed E-state index contributed by atoms with van der Waals surface area (Å²) in [4.78, 5) is 20.5. The molecule has 0 aliphatic heterocycles. The Morgan fingerprint density at radius 2 is 1.88 bits per heavy atom. The van der Waals surface area contributed by atoms with Crippen LogP contribution in [0.15, 0.2) is 9.41 Å². The Hall–Kier alpha value is -2.05. The molecular formula is C17H29N5O2. The molecule has 1 aliphatic rings. The van der Waals surface area contributed by atoms with Crippen molar-refractivity contribution in [2.75, 3.05) is 20.1 Å². The molecule has 1 aromatic rings. The third kappa shape index (κ3) is 5.54. The minimum Gasteiger partial charge on any atom is -0.444 e. The lowest BCUT2D eigenvalue weighted by atomic mass is 9.89. The van der Waals surface area contributed by atoms with Crippen molar-refractivity contribution in [3.05, 3.63) is 17.3 Å². The van der Waals surface area contributed by atoms with Gasteiger partial charge < -0.3 is 20.4 Å². The van der Waals surface area contributed by atoms with Crippen LogP contribution in [0.1, 0.15) is 49.4 Å². The van der Waals surface area contributed by atoms with E-state index in [2.05, 4.69) is 25.9 Å². The second-order valence-corrected chi connectivity index (χ2v) is 6.23. The molecule has 1 saturated carbocycles. The van der Waals surface area contributed by atoms with E-state index >= 15 is 0 Å². The molecule has 0 atom stereocenters. The van der Waals surface area contributed by atoms with Crippen molar-refractivity contribution in [3.8, 4) is 0 Å². The maximum absolute atomic E-state index is 12.1. The molecule has 0 unspecified atom stereocenters. The summed E-state index contributed by atoms with van der Waals surface area (Å²) in [6.07, 6.45) is 5.66. The van der Waals surface area contributed by atoms with Gasteiger partial charge in [0.2, 0.25) is 11.8 Å². The number of oxazole rings is 1. The van der Waals surface area contributed by atoms with Crippen LogP contribution in [-0.2, 0) is 11.3 Å². The van der Waals surface area contributed by atoms with Crippen molar-refractivity contribution >= 4 is 11.9 Å². The number of carbonyl (C=O) groups is 1.